The van der Waals surface area contributed by atoms with Crippen LogP contribution in [0.1, 0.15) is 44.4 Å². The van der Waals surface area contributed by atoms with Gasteiger partial charge in [-0.05, 0) is 32.8 Å². The van der Waals surface area contributed by atoms with Gasteiger partial charge in [0.1, 0.15) is 5.01 Å². The highest BCUT2D eigenvalue weighted by molar-refractivity contribution is 7.13. The third-order valence-corrected chi connectivity index (χ3v) is 4.54. The fraction of sp³-hybridized carbons (Fsp3) is 0.412. The number of benzene rings is 1. The Hall–Kier alpha value is -1.52. The van der Waals surface area contributed by atoms with Crippen LogP contribution in [0.2, 0.25) is 0 Å². The van der Waals surface area contributed by atoms with Crippen molar-refractivity contribution in [2.24, 2.45) is 4.99 Å². The lowest BCUT2D eigenvalue weighted by Crippen LogP contribution is -2.00. The highest BCUT2D eigenvalue weighted by Crippen LogP contribution is 2.37. The van der Waals surface area contributed by atoms with E-state index in [0.29, 0.717) is 0 Å². The number of methoxy groups -OCH3 is 1. The summed E-state index contributed by atoms with van der Waals surface area (Å²) in [5.74, 6) is 0. The van der Waals surface area contributed by atoms with Gasteiger partial charge < -0.3 is 4.74 Å². The first-order chi connectivity index (χ1) is 10.1. The van der Waals surface area contributed by atoms with Crippen LogP contribution in [0.15, 0.2) is 28.7 Å². The van der Waals surface area contributed by atoms with Crippen molar-refractivity contribution < 1.29 is 4.74 Å². The normalized spacial score (nSPS) is 13.5. The molecular formula is C17H22N2OS. The Kier molecular flexibility index (Phi) is 5.26. The first kappa shape index (κ1) is 15.9. The molecule has 0 aliphatic rings. The highest BCUT2D eigenvalue weighted by Gasteiger charge is 2.16. The van der Waals surface area contributed by atoms with Crippen molar-refractivity contribution in [3.8, 4) is 10.6 Å². The molecule has 1 atom stereocenters. The van der Waals surface area contributed by atoms with Gasteiger partial charge in [-0.15, -0.1) is 11.3 Å². The van der Waals surface area contributed by atoms with Gasteiger partial charge in [0.2, 0.25) is 0 Å². The Labute approximate surface area is 130 Å². The van der Waals surface area contributed by atoms with Crippen LogP contribution in [0.4, 0.5) is 5.69 Å². The molecule has 2 aromatic rings. The zero-order valence-electron chi connectivity index (χ0n) is 13.3. The first-order valence-electron chi connectivity index (χ1n) is 7.18. The van der Waals surface area contributed by atoms with Gasteiger partial charge in [-0.25, -0.2) is 4.98 Å². The molecule has 0 N–H and O–H groups in total. The van der Waals surface area contributed by atoms with Crippen LogP contribution in [0.25, 0.3) is 10.6 Å². The van der Waals surface area contributed by atoms with Gasteiger partial charge >= 0.3 is 0 Å². The lowest BCUT2D eigenvalue weighted by atomic mass is 9.99. The van der Waals surface area contributed by atoms with Gasteiger partial charge in [0.15, 0.2) is 0 Å². The van der Waals surface area contributed by atoms with Crippen molar-refractivity contribution in [1.82, 2.24) is 4.98 Å². The standard InChI is InChI=1S/C17H22N2OS/c1-6-11(2)19-16-12(3)14(17-18-9-10-21-17)7-8-15(16)13(4)20-5/h7-10,13H,6H2,1-5H3/b19-11-. The van der Waals surface area contributed by atoms with E-state index >= 15 is 0 Å². The van der Waals surface area contributed by atoms with Crippen molar-refractivity contribution in [1.29, 1.82) is 0 Å². The Morgan fingerprint density at radius 3 is 2.76 bits per heavy atom. The van der Waals surface area contributed by atoms with Crippen LogP contribution in [0, 0.1) is 6.92 Å². The van der Waals surface area contributed by atoms with Crippen molar-refractivity contribution >= 4 is 22.7 Å². The summed E-state index contributed by atoms with van der Waals surface area (Å²) in [5.41, 5.74) is 5.59. The lowest BCUT2D eigenvalue weighted by Gasteiger charge is -2.17. The van der Waals surface area contributed by atoms with Crippen LogP contribution < -0.4 is 0 Å². The lowest BCUT2D eigenvalue weighted by molar-refractivity contribution is 0.120. The Balaban J connectivity index is 2.63. The quantitative estimate of drug-likeness (QED) is 0.700. The number of thiazole rings is 1. The summed E-state index contributed by atoms with van der Waals surface area (Å²) >= 11 is 1.65. The van der Waals surface area contributed by atoms with E-state index in [4.69, 9.17) is 9.73 Å². The van der Waals surface area contributed by atoms with Crippen LogP contribution in [0.5, 0.6) is 0 Å². The van der Waals surface area contributed by atoms with Crippen molar-refractivity contribution in [3.05, 3.63) is 34.8 Å². The molecule has 0 saturated heterocycles. The topological polar surface area (TPSA) is 34.5 Å². The Bertz CT molecular complexity index is 632. The highest BCUT2D eigenvalue weighted by atomic mass is 32.1. The van der Waals surface area contributed by atoms with E-state index in [1.807, 2.05) is 11.6 Å². The van der Waals surface area contributed by atoms with Gasteiger partial charge in [-0.2, -0.15) is 0 Å². The Morgan fingerprint density at radius 1 is 1.43 bits per heavy atom. The van der Waals surface area contributed by atoms with Crippen LogP contribution >= 0.6 is 11.3 Å². The molecule has 0 amide bonds. The average Bonchev–Trinajstić information content (AvgIpc) is 3.02. The monoisotopic (exact) mass is 302 g/mol. The summed E-state index contributed by atoms with van der Waals surface area (Å²) in [6.45, 7) is 8.36. The van der Waals surface area contributed by atoms with Crippen molar-refractivity contribution in [3.63, 3.8) is 0 Å². The van der Waals surface area contributed by atoms with Gasteiger partial charge in [0.05, 0.1) is 11.8 Å². The second kappa shape index (κ2) is 6.96. The average molecular weight is 302 g/mol. The SMILES string of the molecule is CC/C(C)=N\c1c(C(C)OC)ccc(-c2nccs2)c1C. The second-order valence-corrected chi connectivity index (χ2v) is 5.99. The van der Waals surface area contributed by atoms with Crippen LogP contribution in [-0.4, -0.2) is 17.8 Å². The van der Waals surface area contributed by atoms with E-state index in [1.165, 1.54) is 5.56 Å². The largest absolute Gasteiger partial charge is 0.377 e. The third-order valence-electron chi connectivity index (χ3n) is 3.73. The minimum atomic E-state index is 0.0254. The smallest absolute Gasteiger partial charge is 0.123 e. The molecule has 0 bridgehead atoms. The summed E-state index contributed by atoms with van der Waals surface area (Å²) in [6.07, 6.45) is 2.81. The molecule has 0 fully saturated rings. The van der Waals surface area contributed by atoms with E-state index in [9.17, 15) is 0 Å². The van der Waals surface area contributed by atoms with E-state index in [0.717, 1.165) is 34.0 Å². The molecule has 1 aromatic heterocycles. The molecule has 1 unspecified atom stereocenters. The van der Waals surface area contributed by atoms with Gasteiger partial charge in [0, 0.05) is 35.5 Å². The molecular weight excluding hydrogens is 280 g/mol. The minimum absolute atomic E-state index is 0.0254. The minimum Gasteiger partial charge on any atom is -0.377 e. The second-order valence-electron chi connectivity index (χ2n) is 5.09. The number of aromatic nitrogens is 1. The van der Waals surface area contributed by atoms with Crippen LogP contribution in [0.3, 0.4) is 0 Å². The summed E-state index contributed by atoms with van der Waals surface area (Å²) < 4.78 is 5.50. The molecule has 1 heterocycles. The summed E-state index contributed by atoms with van der Waals surface area (Å²) in [7, 11) is 1.73. The van der Waals surface area contributed by atoms with Gasteiger partial charge in [0.25, 0.3) is 0 Å². The van der Waals surface area contributed by atoms with E-state index in [-0.39, 0.29) is 6.10 Å². The molecule has 0 aliphatic heterocycles. The predicted molar refractivity (Wildman–Crippen MR) is 90.8 cm³/mol. The fourth-order valence-corrected chi connectivity index (χ4v) is 2.90. The number of hydrogen-bond donors (Lipinski definition) is 0. The molecule has 0 spiro atoms. The van der Waals surface area contributed by atoms with Gasteiger partial charge in [-0.3, -0.25) is 4.99 Å². The number of ether oxygens (including phenoxy) is 1. The molecule has 21 heavy (non-hydrogen) atoms. The van der Waals surface area contributed by atoms with Crippen LogP contribution in [-0.2, 0) is 4.74 Å². The predicted octanol–water partition coefficient (Wildman–Crippen LogP) is 5.33. The zero-order valence-corrected chi connectivity index (χ0v) is 14.1. The summed E-state index contributed by atoms with van der Waals surface area (Å²) in [6, 6.07) is 4.24. The molecule has 0 aliphatic carbocycles. The number of rotatable bonds is 5. The number of hydrogen-bond acceptors (Lipinski definition) is 4. The maximum absolute atomic E-state index is 5.50. The summed E-state index contributed by atoms with van der Waals surface area (Å²) in [4.78, 5) is 9.25. The number of nitrogens with zero attached hydrogens (tertiary/aromatic N) is 2. The molecule has 3 nitrogen and oxygen atoms in total. The molecule has 0 radical (unpaired) electrons. The maximum atomic E-state index is 5.50. The number of aliphatic imine (C=N–C) groups is 1. The first-order valence-corrected chi connectivity index (χ1v) is 8.06. The zero-order chi connectivity index (χ0) is 15.4. The maximum Gasteiger partial charge on any atom is 0.123 e. The Morgan fingerprint density at radius 2 is 2.19 bits per heavy atom. The molecule has 112 valence electrons. The van der Waals surface area contributed by atoms with Gasteiger partial charge in [-0.1, -0.05) is 19.1 Å². The molecule has 0 saturated carbocycles. The molecule has 4 heteroatoms. The molecule has 1 aromatic carbocycles. The third kappa shape index (κ3) is 3.39. The van der Waals surface area contributed by atoms with E-state index < -0.39 is 0 Å². The van der Waals surface area contributed by atoms with Crippen molar-refractivity contribution in [2.75, 3.05) is 7.11 Å². The van der Waals surface area contributed by atoms with E-state index in [1.54, 1.807) is 18.4 Å². The molecule has 2 rings (SSSR count). The summed E-state index contributed by atoms with van der Waals surface area (Å²) in [5, 5.41) is 3.04. The fourth-order valence-electron chi connectivity index (χ4n) is 2.18. The van der Waals surface area contributed by atoms with E-state index in [2.05, 4.69) is 44.8 Å². The van der Waals surface area contributed by atoms with Crippen molar-refractivity contribution in [2.45, 2.75) is 40.2 Å².